The minimum atomic E-state index is -0.123. The zero-order valence-corrected chi connectivity index (χ0v) is 11.9. The molecular weight excluding hydrogens is 274 g/mol. The molecular formula is C13H21Cl2FN2. The molecule has 5 heteroatoms. The van der Waals surface area contributed by atoms with Crippen LogP contribution in [-0.2, 0) is 6.54 Å². The van der Waals surface area contributed by atoms with Gasteiger partial charge in [0.05, 0.1) is 0 Å². The van der Waals surface area contributed by atoms with Gasteiger partial charge in [0.25, 0.3) is 0 Å². The summed E-state index contributed by atoms with van der Waals surface area (Å²) in [4.78, 5) is 0. The number of nitrogens with one attached hydrogen (secondary N) is 1. The molecule has 2 rings (SSSR count). The van der Waals surface area contributed by atoms with Gasteiger partial charge >= 0.3 is 0 Å². The summed E-state index contributed by atoms with van der Waals surface area (Å²) in [5.74, 6) is -0.123. The van der Waals surface area contributed by atoms with Crippen molar-refractivity contribution in [1.29, 1.82) is 0 Å². The fraction of sp³-hybridized carbons (Fsp3) is 0.538. The molecule has 0 radical (unpaired) electrons. The molecule has 0 bridgehead atoms. The molecule has 1 fully saturated rings. The first-order valence-corrected chi connectivity index (χ1v) is 5.98. The summed E-state index contributed by atoms with van der Waals surface area (Å²) in [5.41, 5.74) is 6.59. The van der Waals surface area contributed by atoms with Crippen molar-refractivity contribution in [3.05, 3.63) is 35.6 Å². The highest BCUT2D eigenvalue weighted by Crippen LogP contribution is 2.17. The maximum Gasteiger partial charge on any atom is 0.127 e. The third-order valence-corrected chi connectivity index (χ3v) is 3.31. The van der Waals surface area contributed by atoms with Crippen molar-refractivity contribution in [3.8, 4) is 0 Å². The average Bonchev–Trinajstić information content (AvgIpc) is 2.30. The molecule has 1 aliphatic carbocycles. The van der Waals surface area contributed by atoms with Gasteiger partial charge in [-0.1, -0.05) is 18.2 Å². The lowest BCUT2D eigenvalue weighted by molar-refractivity contribution is 0.340. The molecule has 0 heterocycles. The lowest BCUT2D eigenvalue weighted by Crippen LogP contribution is -2.37. The molecule has 18 heavy (non-hydrogen) atoms. The van der Waals surface area contributed by atoms with Gasteiger partial charge < -0.3 is 11.1 Å². The summed E-state index contributed by atoms with van der Waals surface area (Å²) in [7, 11) is 0. The Kier molecular flexibility index (Phi) is 8.53. The second kappa shape index (κ2) is 8.70. The first-order chi connectivity index (χ1) is 7.75. The van der Waals surface area contributed by atoms with Gasteiger partial charge in [-0.25, -0.2) is 4.39 Å². The third-order valence-electron chi connectivity index (χ3n) is 3.31. The van der Waals surface area contributed by atoms with Crippen molar-refractivity contribution in [1.82, 2.24) is 5.32 Å². The van der Waals surface area contributed by atoms with E-state index in [2.05, 4.69) is 5.32 Å². The second-order valence-corrected chi connectivity index (χ2v) is 4.58. The Morgan fingerprint density at radius 3 is 2.33 bits per heavy atom. The van der Waals surface area contributed by atoms with E-state index in [1.165, 1.54) is 6.07 Å². The molecule has 1 saturated carbocycles. The average molecular weight is 295 g/mol. The molecule has 0 unspecified atom stereocenters. The van der Waals surface area contributed by atoms with Gasteiger partial charge in [-0.2, -0.15) is 0 Å². The van der Waals surface area contributed by atoms with Gasteiger partial charge in [0.2, 0.25) is 0 Å². The smallest absolute Gasteiger partial charge is 0.127 e. The van der Waals surface area contributed by atoms with Crippen LogP contribution in [0.5, 0.6) is 0 Å². The predicted molar refractivity (Wildman–Crippen MR) is 78.0 cm³/mol. The van der Waals surface area contributed by atoms with Crippen molar-refractivity contribution in [2.75, 3.05) is 0 Å². The molecule has 1 aliphatic rings. The number of hydrogen-bond acceptors (Lipinski definition) is 2. The molecule has 2 nitrogen and oxygen atoms in total. The molecule has 104 valence electrons. The van der Waals surface area contributed by atoms with Gasteiger partial charge in [0, 0.05) is 24.2 Å². The summed E-state index contributed by atoms with van der Waals surface area (Å²) >= 11 is 0. The fourth-order valence-electron chi connectivity index (χ4n) is 2.22. The van der Waals surface area contributed by atoms with E-state index in [9.17, 15) is 4.39 Å². The Balaban J connectivity index is 0.00000144. The first kappa shape index (κ1) is 17.6. The number of rotatable bonds is 3. The van der Waals surface area contributed by atoms with Crippen molar-refractivity contribution in [3.63, 3.8) is 0 Å². The molecule has 0 aliphatic heterocycles. The third kappa shape index (κ3) is 5.11. The molecule has 0 saturated heterocycles. The van der Waals surface area contributed by atoms with E-state index in [4.69, 9.17) is 5.73 Å². The zero-order chi connectivity index (χ0) is 11.4. The van der Waals surface area contributed by atoms with Crippen molar-refractivity contribution < 1.29 is 4.39 Å². The Morgan fingerprint density at radius 1 is 1.11 bits per heavy atom. The quantitative estimate of drug-likeness (QED) is 0.899. The van der Waals surface area contributed by atoms with Crippen LogP contribution in [0.25, 0.3) is 0 Å². The normalized spacial score (nSPS) is 22.8. The minimum Gasteiger partial charge on any atom is -0.328 e. The maximum atomic E-state index is 13.3. The highest BCUT2D eigenvalue weighted by atomic mass is 35.5. The van der Waals surface area contributed by atoms with Crippen LogP contribution in [0, 0.1) is 5.82 Å². The first-order valence-electron chi connectivity index (χ1n) is 5.98. The van der Waals surface area contributed by atoms with Crippen molar-refractivity contribution in [2.24, 2.45) is 5.73 Å². The van der Waals surface area contributed by atoms with Gasteiger partial charge in [0.1, 0.15) is 5.82 Å². The van der Waals surface area contributed by atoms with Crippen LogP contribution >= 0.6 is 24.8 Å². The van der Waals surface area contributed by atoms with Gasteiger partial charge in [-0.05, 0) is 31.7 Å². The lowest BCUT2D eigenvalue weighted by Gasteiger charge is -2.27. The van der Waals surface area contributed by atoms with E-state index >= 15 is 0 Å². The largest absolute Gasteiger partial charge is 0.328 e. The van der Waals surface area contributed by atoms with Gasteiger partial charge in [-0.3, -0.25) is 0 Å². The number of benzene rings is 1. The zero-order valence-electron chi connectivity index (χ0n) is 10.3. The number of hydrogen-bond donors (Lipinski definition) is 2. The van der Waals surface area contributed by atoms with Crippen LogP contribution in [0.15, 0.2) is 24.3 Å². The molecule has 1 aromatic carbocycles. The van der Waals surface area contributed by atoms with E-state index < -0.39 is 0 Å². The highest BCUT2D eigenvalue weighted by Gasteiger charge is 2.17. The monoisotopic (exact) mass is 294 g/mol. The standard InChI is InChI=1S/C13H19FN2.2ClH/c14-13-4-2-1-3-10(13)9-16-12-7-5-11(15)6-8-12;;/h1-4,11-12,16H,5-9,15H2;2*1H. The molecule has 0 atom stereocenters. The maximum absolute atomic E-state index is 13.3. The molecule has 0 spiro atoms. The van der Waals surface area contributed by atoms with E-state index in [0.29, 0.717) is 18.6 Å². The van der Waals surface area contributed by atoms with Gasteiger partial charge in [0.15, 0.2) is 0 Å². The minimum absolute atomic E-state index is 0. The van der Waals surface area contributed by atoms with Crippen LogP contribution in [0.3, 0.4) is 0 Å². The lowest BCUT2D eigenvalue weighted by atomic mass is 9.92. The predicted octanol–water partition coefficient (Wildman–Crippen LogP) is 3.03. The Bertz CT molecular complexity index is 342. The van der Waals surface area contributed by atoms with E-state index in [1.807, 2.05) is 12.1 Å². The Morgan fingerprint density at radius 2 is 1.72 bits per heavy atom. The fourth-order valence-corrected chi connectivity index (χ4v) is 2.22. The van der Waals surface area contributed by atoms with Crippen LogP contribution in [-0.4, -0.2) is 12.1 Å². The summed E-state index contributed by atoms with van der Waals surface area (Å²) in [6.07, 6.45) is 4.37. The van der Waals surface area contributed by atoms with Crippen LogP contribution < -0.4 is 11.1 Å². The Hall–Kier alpha value is -0.350. The molecule has 0 aromatic heterocycles. The molecule has 0 amide bonds. The highest BCUT2D eigenvalue weighted by molar-refractivity contribution is 5.85. The van der Waals surface area contributed by atoms with Crippen molar-refractivity contribution >= 4 is 24.8 Å². The molecule has 3 N–H and O–H groups in total. The van der Waals surface area contributed by atoms with E-state index in [0.717, 1.165) is 31.2 Å². The van der Waals surface area contributed by atoms with Gasteiger partial charge in [-0.15, -0.1) is 24.8 Å². The SMILES string of the molecule is Cl.Cl.NC1CCC(NCc2ccccc2F)CC1. The molecule has 1 aromatic rings. The summed E-state index contributed by atoms with van der Waals surface area (Å²) in [6.45, 7) is 0.618. The topological polar surface area (TPSA) is 38.0 Å². The second-order valence-electron chi connectivity index (χ2n) is 4.58. The van der Waals surface area contributed by atoms with Crippen LogP contribution in [0.4, 0.5) is 4.39 Å². The van der Waals surface area contributed by atoms with Crippen LogP contribution in [0.1, 0.15) is 31.2 Å². The number of halogens is 3. The van der Waals surface area contributed by atoms with E-state index in [-0.39, 0.29) is 30.6 Å². The summed E-state index contributed by atoms with van der Waals surface area (Å²) in [5, 5.41) is 3.40. The van der Waals surface area contributed by atoms with E-state index in [1.54, 1.807) is 6.07 Å². The summed E-state index contributed by atoms with van der Waals surface area (Å²) < 4.78 is 13.3. The van der Waals surface area contributed by atoms with Crippen LogP contribution in [0.2, 0.25) is 0 Å². The van der Waals surface area contributed by atoms with Crippen molar-refractivity contribution in [2.45, 2.75) is 44.3 Å². The Labute approximate surface area is 120 Å². The number of nitrogens with two attached hydrogens (primary N) is 1. The summed E-state index contributed by atoms with van der Waals surface area (Å²) in [6, 6.07) is 7.80.